The average Bonchev–Trinajstić information content (AvgIpc) is 2.20. The number of hydrogen-bond donors (Lipinski definition) is 0. The van der Waals surface area contributed by atoms with Crippen LogP contribution < -0.4 is 4.48 Å². The van der Waals surface area contributed by atoms with Crippen LogP contribution in [0.1, 0.15) is 6.92 Å². The fourth-order valence-electron chi connectivity index (χ4n) is 0.882. The maximum Gasteiger partial charge on any atom is 0.367 e. The Balaban J connectivity index is 3.38. The minimum Gasteiger partial charge on any atom is -0.161 e. The van der Waals surface area contributed by atoms with Gasteiger partial charge in [0.2, 0.25) is 0 Å². The maximum absolute atomic E-state index is 12.6. The molecule has 0 aliphatic rings. The number of nitrogens with zero attached hydrogens (tertiary/aromatic N) is 6. The van der Waals surface area contributed by atoms with Gasteiger partial charge in [0.05, 0.1) is 0 Å². The van der Waals surface area contributed by atoms with Gasteiger partial charge in [-0.3, -0.25) is 0 Å². The zero-order chi connectivity index (χ0) is 11.5. The van der Waals surface area contributed by atoms with Crippen LogP contribution in [0, 0.1) is 35.1 Å². The molecule has 0 bridgehead atoms. The van der Waals surface area contributed by atoms with Crippen molar-refractivity contribution in [3.63, 3.8) is 0 Å². The molecular weight excluding hydrogens is 206 g/mol. The Kier molecular flexibility index (Phi) is 2.83. The van der Waals surface area contributed by atoms with Crippen LogP contribution in [0.15, 0.2) is 0 Å². The third kappa shape index (κ3) is 1.85. The highest BCUT2D eigenvalue weighted by molar-refractivity contribution is 5.35. The van der Waals surface area contributed by atoms with E-state index in [1.54, 1.807) is 12.4 Å². The lowest BCUT2D eigenvalue weighted by Crippen LogP contribution is -2.40. The molecule has 76 valence electrons. The first-order chi connectivity index (χ1) is 7.07. The summed E-state index contributed by atoms with van der Waals surface area (Å²) in [6, 6.07) is 0. The minimum absolute atomic E-state index is 0.0319. The summed E-state index contributed by atoms with van der Waals surface area (Å²) in [5.74, 6) is -0.562. The first kappa shape index (κ1) is 10.9. The molecule has 0 amide bonds. The third-order valence-electron chi connectivity index (χ3n) is 1.73. The monoisotopic (exact) mass is 211 g/mol. The molecule has 1 aromatic heterocycles. The van der Waals surface area contributed by atoms with Gasteiger partial charge in [-0.25, -0.2) is 0 Å². The fraction of sp³-hybridized carbons (Fsp3) is 0.286. The summed E-state index contributed by atoms with van der Waals surface area (Å²) in [5.41, 5.74) is 0. The van der Waals surface area contributed by atoms with Crippen molar-refractivity contribution in [2.75, 3.05) is 6.54 Å². The summed E-state index contributed by atoms with van der Waals surface area (Å²) < 4.78 is 24.2. The van der Waals surface area contributed by atoms with Gasteiger partial charge in [0.15, 0.2) is 0 Å². The van der Waals surface area contributed by atoms with Gasteiger partial charge >= 0.3 is 30.5 Å². The molecule has 0 atom stereocenters. The standard InChI is InChI=1S/C7H5F2N6/c1-2-15(3-10,4-11)7-13-5(8)12-6(9)14-7/h2H2,1H3/q+1. The zero-order valence-electron chi connectivity index (χ0n) is 7.65. The first-order valence-electron chi connectivity index (χ1n) is 3.86. The number of hydrogen-bond acceptors (Lipinski definition) is 5. The normalized spacial score (nSPS) is 10.5. The highest BCUT2D eigenvalue weighted by Crippen LogP contribution is 2.15. The summed E-state index contributed by atoms with van der Waals surface area (Å²) in [4.78, 5) is 8.90. The quantitative estimate of drug-likeness (QED) is 0.523. The predicted molar refractivity (Wildman–Crippen MR) is 43.3 cm³/mol. The molecule has 0 radical (unpaired) electrons. The molecule has 0 aliphatic carbocycles. The van der Waals surface area contributed by atoms with E-state index in [4.69, 9.17) is 10.5 Å². The first-order valence-corrected chi connectivity index (χ1v) is 3.86. The molecule has 0 N–H and O–H groups in total. The molecule has 15 heavy (non-hydrogen) atoms. The maximum atomic E-state index is 12.6. The van der Waals surface area contributed by atoms with Crippen molar-refractivity contribution in [1.29, 1.82) is 10.5 Å². The molecule has 0 aliphatic heterocycles. The average molecular weight is 211 g/mol. The largest absolute Gasteiger partial charge is 0.367 e. The minimum atomic E-state index is -1.36. The van der Waals surface area contributed by atoms with E-state index < -0.39 is 22.6 Å². The van der Waals surface area contributed by atoms with Crippen molar-refractivity contribution < 1.29 is 8.78 Å². The van der Waals surface area contributed by atoms with Crippen LogP contribution >= 0.6 is 0 Å². The molecule has 8 heteroatoms. The Morgan fingerprint density at radius 1 is 1.13 bits per heavy atom. The molecule has 1 aromatic rings. The summed E-state index contributed by atoms with van der Waals surface area (Å²) in [7, 11) is 0. The van der Waals surface area contributed by atoms with E-state index in [1.807, 2.05) is 0 Å². The molecule has 1 rings (SSSR count). The van der Waals surface area contributed by atoms with Crippen LogP contribution in [0.5, 0.6) is 0 Å². The van der Waals surface area contributed by atoms with Gasteiger partial charge in [-0.2, -0.15) is 13.8 Å². The van der Waals surface area contributed by atoms with Gasteiger partial charge in [0.25, 0.3) is 0 Å². The van der Waals surface area contributed by atoms with Crippen LogP contribution in [0.4, 0.5) is 14.7 Å². The second-order valence-electron chi connectivity index (χ2n) is 2.50. The van der Waals surface area contributed by atoms with Crippen molar-refractivity contribution in [1.82, 2.24) is 19.4 Å². The van der Waals surface area contributed by atoms with Crippen LogP contribution in [0.3, 0.4) is 0 Å². The highest BCUT2D eigenvalue weighted by Gasteiger charge is 2.35. The van der Waals surface area contributed by atoms with Crippen molar-refractivity contribution in [2.24, 2.45) is 0 Å². The number of rotatable bonds is 2. The van der Waals surface area contributed by atoms with E-state index in [2.05, 4.69) is 15.0 Å². The van der Waals surface area contributed by atoms with E-state index in [0.717, 1.165) is 0 Å². The third-order valence-corrected chi connectivity index (χ3v) is 1.73. The Morgan fingerprint density at radius 3 is 1.93 bits per heavy atom. The van der Waals surface area contributed by atoms with Gasteiger partial charge in [0, 0.05) is 0 Å². The second-order valence-corrected chi connectivity index (χ2v) is 2.50. The lowest BCUT2D eigenvalue weighted by Gasteiger charge is -2.13. The molecular formula is C7H5F2N6+. The SMILES string of the molecule is CC[N+](C#N)(C#N)c1nc(F)nc(F)n1. The van der Waals surface area contributed by atoms with E-state index in [9.17, 15) is 8.78 Å². The number of quaternary nitrogens is 1. The Morgan fingerprint density at radius 2 is 1.60 bits per heavy atom. The molecule has 0 aromatic carbocycles. The molecule has 0 fully saturated rings. The van der Waals surface area contributed by atoms with Crippen molar-refractivity contribution in [3.8, 4) is 12.4 Å². The van der Waals surface area contributed by atoms with Crippen molar-refractivity contribution in [2.45, 2.75) is 6.92 Å². The lowest BCUT2D eigenvalue weighted by molar-refractivity contribution is 0.422. The molecule has 0 saturated heterocycles. The number of aromatic nitrogens is 3. The van der Waals surface area contributed by atoms with Crippen LogP contribution in [-0.2, 0) is 0 Å². The van der Waals surface area contributed by atoms with Crippen LogP contribution in [0.25, 0.3) is 0 Å². The topological polar surface area (TPSA) is 86.2 Å². The van der Waals surface area contributed by atoms with E-state index in [-0.39, 0.29) is 6.54 Å². The smallest absolute Gasteiger partial charge is 0.161 e. The van der Waals surface area contributed by atoms with Crippen molar-refractivity contribution >= 4 is 5.95 Å². The Labute approximate surface area is 83.6 Å². The summed E-state index contributed by atoms with van der Waals surface area (Å²) in [5, 5.41) is 17.5. The Hall–Kier alpha value is -2.19. The van der Waals surface area contributed by atoms with E-state index in [0.29, 0.717) is 0 Å². The molecule has 0 spiro atoms. The fourth-order valence-corrected chi connectivity index (χ4v) is 0.882. The van der Waals surface area contributed by atoms with Gasteiger partial charge < -0.3 is 0 Å². The van der Waals surface area contributed by atoms with Crippen molar-refractivity contribution in [3.05, 3.63) is 12.2 Å². The lowest BCUT2D eigenvalue weighted by atomic mass is 10.5. The molecule has 1 heterocycles. The number of nitriles is 2. The number of halogens is 2. The molecule has 0 saturated carbocycles. The van der Waals surface area contributed by atoms with Gasteiger partial charge in [-0.05, 0) is 6.92 Å². The van der Waals surface area contributed by atoms with Gasteiger partial charge in [-0.1, -0.05) is 4.48 Å². The highest BCUT2D eigenvalue weighted by atomic mass is 19.1. The van der Waals surface area contributed by atoms with Crippen LogP contribution in [0.2, 0.25) is 0 Å². The van der Waals surface area contributed by atoms with E-state index >= 15 is 0 Å². The predicted octanol–water partition coefficient (Wildman–Crippen LogP) is 0.439. The van der Waals surface area contributed by atoms with Crippen LogP contribution in [-0.4, -0.2) is 21.5 Å². The van der Waals surface area contributed by atoms with Gasteiger partial charge in [0.1, 0.15) is 6.54 Å². The summed E-state index contributed by atoms with van der Waals surface area (Å²) in [6.07, 6.45) is 0.428. The second kappa shape index (κ2) is 3.90. The van der Waals surface area contributed by atoms with Gasteiger partial charge in [-0.15, -0.1) is 20.5 Å². The molecule has 6 nitrogen and oxygen atoms in total. The van der Waals surface area contributed by atoms with E-state index in [1.165, 1.54) is 6.92 Å². The summed E-state index contributed by atoms with van der Waals surface area (Å²) >= 11 is 0. The Bertz CT molecular complexity index is 425. The summed E-state index contributed by atoms with van der Waals surface area (Å²) in [6.45, 7) is 1.46. The molecule has 0 unspecified atom stereocenters. The zero-order valence-corrected chi connectivity index (χ0v) is 7.65.